The minimum Gasteiger partial charge on any atom is -0.497 e. The number of anilines is 1. The van der Waals surface area contributed by atoms with Crippen molar-refractivity contribution in [1.82, 2.24) is 0 Å². The Balaban J connectivity index is 1.70. The summed E-state index contributed by atoms with van der Waals surface area (Å²) in [5, 5.41) is 0. The fourth-order valence-electron chi connectivity index (χ4n) is 6.49. The van der Waals surface area contributed by atoms with Crippen LogP contribution in [0.2, 0.25) is 0 Å². The molecule has 1 aliphatic carbocycles. The van der Waals surface area contributed by atoms with E-state index in [1.54, 1.807) is 43.5 Å². The maximum atomic E-state index is 14.4. The fraction of sp³-hybridized carbons (Fsp3) is 0.233. The van der Waals surface area contributed by atoms with E-state index < -0.39 is 23.4 Å². The van der Waals surface area contributed by atoms with Gasteiger partial charge >= 0.3 is 0 Å². The first kappa shape index (κ1) is 22.3. The average molecular weight is 480 g/mol. The van der Waals surface area contributed by atoms with Crippen molar-refractivity contribution in [3.63, 3.8) is 0 Å². The van der Waals surface area contributed by atoms with Crippen molar-refractivity contribution >= 4 is 29.1 Å². The van der Waals surface area contributed by atoms with Crippen LogP contribution >= 0.6 is 0 Å². The van der Waals surface area contributed by atoms with Gasteiger partial charge in [0.15, 0.2) is 17.3 Å². The molecule has 36 heavy (non-hydrogen) atoms. The molecule has 0 aromatic heterocycles. The smallest absolute Gasteiger partial charge is 0.180 e. The lowest BCUT2D eigenvalue weighted by atomic mass is 9.64. The highest BCUT2D eigenvalue weighted by atomic mass is 16.5. The summed E-state index contributed by atoms with van der Waals surface area (Å²) in [5.74, 6) is -0.357. The minimum atomic E-state index is -1.52. The van der Waals surface area contributed by atoms with E-state index in [-0.39, 0.29) is 17.3 Å². The first-order chi connectivity index (χ1) is 17.4. The van der Waals surface area contributed by atoms with E-state index >= 15 is 0 Å². The third-order valence-electron chi connectivity index (χ3n) is 7.91. The van der Waals surface area contributed by atoms with Crippen molar-refractivity contribution < 1.29 is 23.9 Å². The molecule has 0 radical (unpaired) electrons. The number of rotatable bonds is 4. The van der Waals surface area contributed by atoms with Crippen LogP contribution in [-0.4, -0.2) is 43.7 Å². The van der Waals surface area contributed by atoms with E-state index in [9.17, 15) is 14.4 Å². The molecule has 0 unspecified atom stereocenters. The summed E-state index contributed by atoms with van der Waals surface area (Å²) in [4.78, 5) is 44.3. The van der Waals surface area contributed by atoms with Crippen LogP contribution in [0.4, 0.5) is 5.69 Å². The van der Waals surface area contributed by atoms with Crippen LogP contribution in [0, 0.1) is 5.41 Å². The van der Waals surface area contributed by atoms with Crippen LogP contribution < -0.4 is 14.4 Å². The molecule has 0 N–H and O–H groups in total. The third-order valence-corrected chi connectivity index (χ3v) is 7.91. The number of carbonyl (C=O) groups is 3. The van der Waals surface area contributed by atoms with Gasteiger partial charge in [-0.05, 0) is 24.6 Å². The predicted molar refractivity (Wildman–Crippen MR) is 136 cm³/mol. The summed E-state index contributed by atoms with van der Waals surface area (Å²) < 4.78 is 11.1. The summed E-state index contributed by atoms with van der Waals surface area (Å²) in [6.07, 6.45) is 3.86. The van der Waals surface area contributed by atoms with Gasteiger partial charge in [0.1, 0.15) is 16.9 Å². The van der Waals surface area contributed by atoms with Crippen LogP contribution in [-0.2, 0) is 4.79 Å². The molecule has 3 aliphatic rings. The Kier molecular flexibility index (Phi) is 4.90. The topological polar surface area (TPSA) is 72.9 Å². The summed E-state index contributed by atoms with van der Waals surface area (Å²) in [6.45, 7) is 1.53. The van der Waals surface area contributed by atoms with Crippen molar-refractivity contribution in [1.29, 1.82) is 0 Å². The monoisotopic (exact) mass is 479 g/mol. The van der Waals surface area contributed by atoms with Crippen molar-refractivity contribution in [2.75, 3.05) is 19.1 Å². The van der Waals surface area contributed by atoms with Crippen molar-refractivity contribution in [2.24, 2.45) is 5.41 Å². The molecular weight excluding hydrogens is 454 g/mol. The lowest BCUT2D eigenvalue weighted by Gasteiger charge is -2.37. The van der Waals surface area contributed by atoms with Crippen molar-refractivity contribution in [3.8, 4) is 11.5 Å². The van der Waals surface area contributed by atoms with Crippen molar-refractivity contribution in [3.05, 3.63) is 95.1 Å². The van der Waals surface area contributed by atoms with Crippen LogP contribution in [0.25, 0.3) is 6.08 Å². The van der Waals surface area contributed by atoms with Crippen LogP contribution in [0.3, 0.4) is 0 Å². The lowest BCUT2D eigenvalue weighted by Crippen LogP contribution is -2.48. The third kappa shape index (κ3) is 2.70. The largest absolute Gasteiger partial charge is 0.497 e. The van der Waals surface area contributed by atoms with E-state index in [1.165, 1.54) is 14.0 Å². The van der Waals surface area contributed by atoms with Gasteiger partial charge in [-0.15, -0.1) is 0 Å². The zero-order valence-electron chi connectivity index (χ0n) is 20.2. The highest BCUT2D eigenvalue weighted by Gasteiger charge is 2.71. The van der Waals surface area contributed by atoms with Gasteiger partial charge in [-0.2, -0.15) is 0 Å². The molecule has 0 amide bonds. The SMILES string of the molecule is COc1ccc([C@H]2[C@H](C(C)=O)N3c4ccccc4C=C[C@H]3C23C(=O)c2ccccc2C3=O)c(OC)c1. The second kappa shape index (κ2) is 7.92. The molecule has 2 heterocycles. The first-order valence-electron chi connectivity index (χ1n) is 11.9. The Morgan fingerprint density at radius 1 is 0.889 bits per heavy atom. The molecule has 1 fully saturated rings. The Labute approximate surface area is 209 Å². The number of carbonyl (C=O) groups excluding carboxylic acids is 3. The molecule has 6 nitrogen and oxygen atoms in total. The predicted octanol–water partition coefficient (Wildman–Crippen LogP) is 4.73. The van der Waals surface area contributed by atoms with E-state index in [0.717, 1.165) is 11.3 Å². The first-order valence-corrected chi connectivity index (χ1v) is 11.9. The van der Waals surface area contributed by atoms with Crippen molar-refractivity contribution in [2.45, 2.75) is 24.9 Å². The van der Waals surface area contributed by atoms with Crippen LogP contribution in [0.15, 0.2) is 72.8 Å². The Bertz CT molecular complexity index is 1440. The highest BCUT2D eigenvalue weighted by molar-refractivity contribution is 6.32. The van der Waals surface area contributed by atoms with Gasteiger partial charge in [0, 0.05) is 34.4 Å². The average Bonchev–Trinajstić information content (AvgIpc) is 3.35. The van der Waals surface area contributed by atoms with Gasteiger partial charge in [0.2, 0.25) is 0 Å². The van der Waals surface area contributed by atoms with E-state index in [4.69, 9.17) is 9.47 Å². The molecule has 3 aromatic carbocycles. The number of ketones is 3. The fourth-order valence-corrected chi connectivity index (χ4v) is 6.49. The number of nitrogens with zero attached hydrogens (tertiary/aromatic N) is 1. The number of Topliss-reactive ketones (excluding diaryl/α,β-unsaturated/α-hetero) is 3. The lowest BCUT2D eigenvalue weighted by molar-refractivity contribution is -0.118. The van der Waals surface area contributed by atoms with Gasteiger partial charge in [0.05, 0.1) is 26.3 Å². The highest BCUT2D eigenvalue weighted by Crippen LogP contribution is 2.61. The number of benzene rings is 3. The van der Waals surface area contributed by atoms with E-state index in [1.807, 2.05) is 47.4 Å². The van der Waals surface area contributed by atoms with Gasteiger partial charge in [-0.3, -0.25) is 14.4 Å². The molecule has 2 aliphatic heterocycles. The quantitative estimate of drug-likeness (QED) is 0.504. The zero-order valence-corrected chi connectivity index (χ0v) is 20.2. The number of ether oxygens (including phenoxy) is 2. The molecule has 1 saturated heterocycles. The number of hydrogen-bond donors (Lipinski definition) is 0. The molecular formula is C30H25NO5. The maximum Gasteiger partial charge on any atom is 0.180 e. The van der Waals surface area contributed by atoms with Crippen LogP contribution in [0.5, 0.6) is 11.5 Å². The normalized spacial score (nSPS) is 22.9. The summed E-state index contributed by atoms with van der Waals surface area (Å²) in [5.41, 5.74) is 1.68. The summed E-state index contributed by atoms with van der Waals surface area (Å²) in [7, 11) is 3.10. The Hall–Kier alpha value is -4.19. The minimum absolute atomic E-state index is 0.124. The van der Waals surface area contributed by atoms with Gasteiger partial charge < -0.3 is 14.4 Å². The Morgan fingerprint density at radius 3 is 2.19 bits per heavy atom. The van der Waals surface area contributed by atoms with E-state index in [0.29, 0.717) is 28.2 Å². The molecule has 1 spiro atoms. The second-order valence-electron chi connectivity index (χ2n) is 9.48. The molecule has 6 heteroatoms. The maximum absolute atomic E-state index is 14.4. The zero-order chi connectivity index (χ0) is 25.2. The second-order valence-corrected chi connectivity index (χ2v) is 9.48. The number of fused-ring (bicyclic) bond motifs is 5. The standard InChI is InChI=1S/C30H25NO5/c1-17(32)27-26(22-14-13-19(35-2)16-24(22)36-3)30(28(33)20-9-5-6-10-21(20)29(30)34)25-15-12-18-8-4-7-11-23(18)31(25)27/h4-16,25-27H,1-3H3/t25-,26-,27-/m0/s1. The van der Waals surface area contributed by atoms with E-state index in [2.05, 4.69) is 0 Å². The number of hydrogen-bond acceptors (Lipinski definition) is 6. The molecule has 6 rings (SSSR count). The molecule has 0 saturated carbocycles. The summed E-state index contributed by atoms with van der Waals surface area (Å²) >= 11 is 0. The molecule has 3 atom stereocenters. The number of methoxy groups -OCH3 is 2. The van der Waals surface area contributed by atoms with Crippen LogP contribution in [0.1, 0.15) is 44.7 Å². The van der Waals surface area contributed by atoms with Gasteiger partial charge in [-0.25, -0.2) is 0 Å². The number of para-hydroxylation sites is 1. The molecule has 3 aromatic rings. The van der Waals surface area contributed by atoms with Gasteiger partial charge in [-0.1, -0.05) is 60.7 Å². The Morgan fingerprint density at radius 2 is 1.56 bits per heavy atom. The van der Waals surface area contributed by atoms with Gasteiger partial charge in [0.25, 0.3) is 0 Å². The molecule has 180 valence electrons. The molecule has 0 bridgehead atoms. The summed E-state index contributed by atoms with van der Waals surface area (Å²) in [6, 6.07) is 18.7.